The summed E-state index contributed by atoms with van der Waals surface area (Å²) in [5, 5.41) is 12.7. The number of anilines is 2. The third-order valence-corrected chi connectivity index (χ3v) is 2.73. The second kappa shape index (κ2) is 4.90. The predicted octanol–water partition coefficient (Wildman–Crippen LogP) is 4.26. The number of hydrogen-bond donors (Lipinski definition) is 1. The first-order valence-corrected chi connectivity index (χ1v) is 5.60. The molecule has 0 unspecified atom stereocenters. The van der Waals surface area contributed by atoms with Crippen LogP contribution < -0.4 is 5.32 Å². The van der Waals surface area contributed by atoms with Gasteiger partial charge >= 0.3 is 0 Å². The van der Waals surface area contributed by atoms with Crippen LogP contribution in [0.1, 0.15) is 11.1 Å². The van der Waals surface area contributed by atoms with Crippen LogP contribution in [0.2, 0.25) is 5.02 Å². The molecule has 0 spiro atoms. The lowest BCUT2D eigenvalue weighted by Crippen LogP contribution is -1.92. The van der Waals surface area contributed by atoms with Crippen LogP contribution in [0.5, 0.6) is 0 Å². The predicted molar refractivity (Wildman–Crippen MR) is 70.6 cm³/mol. The van der Waals surface area contributed by atoms with Crippen molar-refractivity contribution in [1.29, 1.82) is 5.26 Å². The molecule has 0 atom stereocenters. The third kappa shape index (κ3) is 2.77. The number of aryl methyl sites for hydroxylation is 1. The molecule has 0 fully saturated rings. The fourth-order valence-corrected chi connectivity index (χ4v) is 1.68. The molecule has 0 aliphatic heterocycles. The van der Waals surface area contributed by atoms with Crippen LogP contribution >= 0.6 is 11.6 Å². The molecule has 1 N–H and O–H groups in total. The average Bonchev–Trinajstić information content (AvgIpc) is 2.35. The van der Waals surface area contributed by atoms with Crippen LogP contribution in [0.15, 0.2) is 42.5 Å². The van der Waals surface area contributed by atoms with Gasteiger partial charge in [0.1, 0.15) is 0 Å². The van der Waals surface area contributed by atoms with Crippen molar-refractivity contribution in [3.05, 3.63) is 58.6 Å². The zero-order valence-corrected chi connectivity index (χ0v) is 10.1. The second-order valence-electron chi connectivity index (χ2n) is 3.77. The van der Waals surface area contributed by atoms with E-state index in [1.165, 1.54) is 0 Å². The molecule has 0 heterocycles. The Labute approximate surface area is 105 Å². The molecule has 0 saturated heterocycles. The number of benzene rings is 2. The van der Waals surface area contributed by atoms with E-state index in [9.17, 15) is 0 Å². The molecule has 0 bridgehead atoms. The maximum atomic E-state index is 8.71. The van der Waals surface area contributed by atoms with Crippen LogP contribution in [-0.4, -0.2) is 0 Å². The highest BCUT2D eigenvalue weighted by molar-refractivity contribution is 6.30. The van der Waals surface area contributed by atoms with E-state index in [0.717, 1.165) is 16.9 Å². The quantitative estimate of drug-likeness (QED) is 0.854. The zero-order chi connectivity index (χ0) is 12.3. The molecule has 2 aromatic rings. The van der Waals surface area contributed by atoms with Gasteiger partial charge in [0.15, 0.2) is 0 Å². The van der Waals surface area contributed by atoms with E-state index < -0.39 is 0 Å². The molecule has 0 aromatic heterocycles. The van der Waals surface area contributed by atoms with Crippen molar-refractivity contribution in [2.75, 3.05) is 5.32 Å². The largest absolute Gasteiger partial charge is 0.355 e. The Hall–Kier alpha value is -1.98. The fraction of sp³-hybridized carbons (Fsp3) is 0.0714. The van der Waals surface area contributed by atoms with Crippen molar-refractivity contribution < 1.29 is 0 Å². The molecule has 0 amide bonds. The standard InChI is InChI=1S/C14H11ClN2/c1-10-2-5-12(15)8-14(10)17-13-6-3-11(9-16)4-7-13/h2-8,17H,1H3. The van der Waals surface area contributed by atoms with Crippen molar-refractivity contribution >= 4 is 23.0 Å². The topological polar surface area (TPSA) is 35.8 Å². The minimum Gasteiger partial charge on any atom is -0.355 e. The number of halogens is 1. The minimum atomic E-state index is 0.651. The van der Waals surface area contributed by atoms with Gasteiger partial charge < -0.3 is 5.32 Å². The van der Waals surface area contributed by atoms with E-state index in [4.69, 9.17) is 16.9 Å². The maximum absolute atomic E-state index is 8.71. The van der Waals surface area contributed by atoms with Gasteiger partial charge in [-0.25, -0.2) is 0 Å². The van der Waals surface area contributed by atoms with E-state index in [-0.39, 0.29) is 0 Å². The van der Waals surface area contributed by atoms with Gasteiger partial charge in [-0.05, 0) is 48.9 Å². The van der Waals surface area contributed by atoms with Gasteiger partial charge in [-0.1, -0.05) is 17.7 Å². The molecule has 0 aliphatic rings. The first kappa shape index (κ1) is 11.5. The Morgan fingerprint density at radius 2 is 1.82 bits per heavy atom. The van der Waals surface area contributed by atoms with E-state index in [0.29, 0.717) is 10.6 Å². The number of rotatable bonds is 2. The van der Waals surface area contributed by atoms with Crippen molar-refractivity contribution in [2.45, 2.75) is 6.92 Å². The van der Waals surface area contributed by atoms with Gasteiger partial charge in [0.25, 0.3) is 0 Å². The molecule has 0 aliphatic carbocycles. The van der Waals surface area contributed by atoms with Gasteiger partial charge in [-0.2, -0.15) is 5.26 Å². The second-order valence-corrected chi connectivity index (χ2v) is 4.21. The lowest BCUT2D eigenvalue weighted by atomic mass is 10.2. The van der Waals surface area contributed by atoms with E-state index >= 15 is 0 Å². The molecule has 2 rings (SSSR count). The van der Waals surface area contributed by atoms with Crippen LogP contribution in [0.25, 0.3) is 0 Å². The highest BCUT2D eigenvalue weighted by atomic mass is 35.5. The lowest BCUT2D eigenvalue weighted by molar-refractivity contribution is 1.42. The SMILES string of the molecule is Cc1ccc(Cl)cc1Nc1ccc(C#N)cc1. The van der Waals surface area contributed by atoms with Gasteiger partial charge in [0.05, 0.1) is 11.6 Å². The van der Waals surface area contributed by atoms with E-state index in [1.807, 2.05) is 37.3 Å². The van der Waals surface area contributed by atoms with E-state index in [2.05, 4.69) is 11.4 Å². The molecule has 17 heavy (non-hydrogen) atoms. The summed E-state index contributed by atoms with van der Waals surface area (Å²) in [4.78, 5) is 0. The van der Waals surface area contributed by atoms with Crippen LogP contribution in [0.4, 0.5) is 11.4 Å². The molecule has 0 radical (unpaired) electrons. The average molecular weight is 243 g/mol. The molecular formula is C14H11ClN2. The Bertz CT molecular complexity index is 568. The van der Waals surface area contributed by atoms with Crippen LogP contribution in [-0.2, 0) is 0 Å². The van der Waals surface area contributed by atoms with Crippen LogP contribution in [0, 0.1) is 18.3 Å². The smallest absolute Gasteiger partial charge is 0.0991 e. The molecule has 2 aromatic carbocycles. The van der Waals surface area contributed by atoms with Crippen molar-refractivity contribution in [1.82, 2.24) is 0 Å². The Kier molecular flexibility index (Phi) is 3.32. The number of nitrogens with zero attached hydrogens (tertiary/aromatic N) is 1. The third-order valence-electron chi connectivity index (χ3n) is 2.49. The number of nitrogens with one attached hydrogen (secondary N) is 1. The van der Waals surface area contributed by atoms with Gasteiger partial charge in [0, 0.05) is 16.4 Å². The Morgan fingerprint density at radius 3 is 2.47 bits per heavy atom. The number of hydrogen-bond acceptors (Lipinski definition) is 2. The molecular weight excluding hydrogens is 232 g/mol. The molecule has 0 saturated carbocycles. The van der Waals surface area contributed by atoms with Gasteiger partial charge in [0.2, 0.25) is 0 Å². The fourth-order valence-electron chi connectivity index (χ4n) is 1.51. The Balaban J connectivity index is 2.25. The van der Waals surface area contributed by atoms with Gasteiger partial charge in [-0.3, -0.25) is 0 Å². The minimum absolute atomic E-state index is 0.651. The van der Waals surface area contributed by atoms with Crippen molar-refractivity contribution in [2.24, 2.45) is 0 Å². The highest BCUT2D eigenvalue weighted by Gasteiger charge is 2.00. The summed E-state index contributed by atoms with van der Waals surface area (Å²) >= 11 is 5.95. The molecule has 2 nitrogen and oxygen atoms in total. The monoisotopic (exact) mass is 242 g/mol. The number of nitriles is 1. The summed E-state index contributed by atoms with van der Waals surface area (Å²) in [6, 6.07) is 15.1. The first-order chi connectivity index (χ1) is 8.19. The summed E-state index contributed by atoms with van der Waals surface area (Å²) in [5.41, 5.74) is 3.69. The summed E-state index contributed by atoms with van der Waals surface area (Å²) in [6.45, 7) is 2.02. The summed E-state index contributed by atoms with van der Waals surface area (Å²) in [5.74, 6) is 0. The van der Waals surface area contributed by atoms with Crippen molar-refractivity contribution in [3.8, 4) is 6.07 Å². The zero-order valence-electron chi connectivity index (χ0n) is 9.37. The maximum Gasteiger partial charge on any atom is 0.0991 e. The highest BCUT2D eigenvalue weighted by Crippen LogP contribution is 2.24. The Morgan fingerprint density at radius 1 is 1.12 bits per heavy atom. The molecule has 3 heteroatoms. The summed E-state index contributed by atoms with van der Waals surface area (Å²) < 4.78 is 0. The first-order valence-electron chi connectivity index (χ1n) is 5.22. The lowest BCUT2D eigenvalue weighted by Gasteiger charge is -2.09. The van der Waals surface area contributed by atoms with Gasteiger partial charge in [-0.15, -0.1) is 0 Å². The van der Waals surface area contributed by atoms with Crippen LogP contribution in [0.3, 0.4) is 0 Å². The normalized spacial score (nSPS) is 9.71. The molecule has 84 valence electrons. The summed E-state index contributed by atoms with van der Waals surface area (Å²) in [6.07, 6.45) is 0. The summed E-state index contributed by atoms with van der Waals surface area (Å²) in [7, 11) is 0. The van der Waals surface area contributed by atoms with E-state index in [1.54, 1.807) is 12.1 Å². The van der Waals surface area contributed by atoms with Crippen molar-refractivity contribution in [3.63, 3.8) is 0 Å².